The molecule has 1 aromatic rings. The number of nitrogens with two attached hydrogens (primary N) is 1. The molecular formula is C14H22FNO2. The van der Waals surface area contributed by atoms with E-state index in [1.807, 2.05) is 20.8 Å². The molecule has 1 unspecified atom stereocenters. The van der Waals surface area contributed by atoms with Crippen LogP contribution in [0.15, 0.2) is 12.1 Å². The van der Waals surface area contributed by atoms with Crippen LogP contribution in [0.2, 0.25) is 0 Å². The average Bonchev–Trinajstić information content (AvgIpc) is 2.28. The zero-order chi connectivity index (χ0) is 13.7. The number of benzene rings is 1. The van der Waals surface area contributed by atoms with Gasteiger partial charge in [0.05, 0.1) is 12.7 Å². The van der Waals surface area contributed by atoms with Crippen LogP contribution in [-0.4, -0.2) is 19.3 Å². The summed E-state index contributed by atoms with van der Waals surface area (Å²) in [5.41, 5.74) is 7.05. The summed E-state index contributed by atoms with van der Waals surface area (Å²) in [6, 6.07) is 2.86. The van der Waals surface area contributed by atoms with Crippen molar-refractivity contribution in [1.82, 2.24) is 0 Å². The van der Waals surface area contributed by atoms with E-state index in [2.05, 4.69) is 0 Å². The van der Waals surface area contributed by atoms with Crippen LogP contribution in [0.3, 0.4) is 0 Å². The minimum absolute atomic E-state index is 0.177. The lowest BCUT2D eigenvalue weighted by atomic mass is 10.1. The molecule has 0 saturated heterocycles. The summed E-state index contributed by atoms with van der Waals surface area (Å²) in [6.07, 6.45) is 0.177. The summed E-state index contributed by atoms with van der Waals surface area (Å²) in [7, 11) is 0. The van der Waals surface area contributed by atoms with E-state index < -0.39 is 0 Å². The van der Waals surface area contributed by atoms with Gasteiger partial charge in [-0.2, -0.15) is 0 Å². The number of aryl methyl sites for hydroxylation is 1. The van der Waals surface area contributed by atoms with E-state index in [0.717, 1.165) is 0 Å². The van der Waals surface area contributed by atoms with Crippen LogP contribution >= 0.6 is 0 Å². The molecule has 3 nitrogen and oxygen atoms in total. The lowest BCUT2D eigenvalue weighted by molar-refractivity contribution is 0.0549. The Hall–Kier alpha value is -1.13. The van der Waals surface area contributed by atoms with Gasteiger partial charge in [0.15, 0.2) is 0 Å². The largest absolute Gasteiger partial charge is 0.491 e. The highest BCUT2D eigenvalue weighted by molar-refractivity contribution is 5.39. The summed E-state index contributed by atoms with van der Waals surface area (Å²) < 4.78 is 24.5. The second-order valence-electron chi connectivity index (χ2n) is 4.70. The summed E-state index contributed by atoms with van der Waals surface area (Å²) in [6.45, 7) is 8.39. The van der Waals surface area contributed by atoms with Gasteiger partial charge in [0, 0.05) is 11.6 Å². The van der Waals surface area contributed by atoms with E-state index in [1.54, 1.807) is 13.0 Å². The maximum atomic E-state index is 13.5. The van der Waals surface area contributed by atoms with E-state index in [0.29, 0.717) is 30.1 Å². The van der Waals surface area contributed by atoms with Gasteiger partial charge in [0.1, 0.15) is 18.2 Å². The molecule has 0 amide bonds. The molecule has 0 aliphatic carbocycles. The second kappa shape index (κ2) is 6.71. The van der Waals surface area contributed by atoms with Crippen LogP contribution in [0, 0.1) is 12.7 Å². The van der Waals surface area contributed by atoms with Crippen molar-refractivity contribution < 1.29 is 13.9 Å². The first-order valence-electron chi connectivity index (χ1n) is 6.21. The third-order valence-corrected chi connectivity index (χ3v) is 2.57. The predicted molar refractivity (Wildman–Crippen MR) is 70.3 cm³/mol. The quantitative estimate of drug-likeness (QED) is 0.795. The highest BCUT2D eigenvalue weighted by Crippen LogP contribution is 2.27. The molecule has 0 aromatic heterocycles. The first-order chi connectivity index (χ1) is 8.41. The molecule has 0 spiro atoms. The molecule has 0 aliphatic rings. The van der Waals surface area contributed by atoms with Crippen LogP contribution in [0.4, 0.5) is 4.39 Å². The van der Waals surface area contributed by atoms with Crippen LogP contribution in [0.1, 0.15) is 37.9 Å². The van der Waals surface area contributed by atoms with Gasteiger partial charge < -0.3 is 15.2 Å². The lowest BCUT2D eigenvalue weighted by Gasteiger charge is -2.16. The second-order valence-corrected chi connectivity index (χ2v) is 4.70. The number of ether oxygens (including phenoxy) is 2. The molecule has 4 heteroatoms. The summed E-state index contributed by atoms with van der Waals surface area (Å²) in [5, 5.41) is 0. The Bertz CT molecular complexity index is 392. The van der Waals surface area contributed by atoms with Crippen molar-refractivity contribution in [3.8, 4) is 5.75 Å². The third-order valence-electron chi connectivity index (χ3n) is 2.57. The van der Waals surface area contributed by atoms with Crippen molar-refractivity contribution >= 4 is 0 Å². The highest BCUT2D eigenvalue weighted by Gasteiger charge is 2.12. The van der Waals surface area contributed by atoms with Gasteiger partial charge in [-0.3, -0.25) is 0 Å². The van der Waals surface area contributed by atoms with E-state index in [1.165, 1.54) is 6.07 Å². The molecule has 1 rings (SSSR count). The lowest BCUT2D eigenvalue weighted by Crippen LogP contribution is -2.14. The Morgan fingerprint density at radius 3 is 2.44 bits per heavy atom. The van der Waals surface area contributed by atoms with Gasteiger partial charge in [0.25, 0.3) is 0 Å². The number of rotatable bonds is 6. The summed E-state index contributed by atoms with van der Waals surface area (Å²) in [5.74, 6) is 0.379. The average molecular weight is 255 g/mol. The first-order valence-corrected chi connectivity index (χ1v) is 6.21. The van der Waals surface area contributed by atoms with Crippen LogP contribution in [-0.2, 0) is 4.74 Å². The zero-order valence-corrected chi connectivity index (χ0v) is 11.5. The Balaban J connectivity index is 2.71. The molecule has 102 valence electrons. The summed E-state index contributed by atoms with van der Waals surface area (Å²) >= 11 is 0. The molecule has 0 aliphatic heterocycles. The van der Waals surface area contributed by atoms with Crippen LogP contribution < -0.4 is 10.5 Å². The van der Waals surface area contributed by atoms with Gasteiger partial charge in [-0.1, -0.05) is 0 Å². The maximum absolute atomic E-state index is 13.5. The Kier molecular flexibility index (Phi) is 5.56. The first kappa shape index (κ1) is 14.9. The molecule has 0 heterocycles. The van der Waals surface area contributed by atoms with Crippen molar-refractivity contribution in [1.29, 1.82) is 0 Å². The van der Waals surface area contributed by atoms with E-state index in [-0.39, 0.29) is 18.0 Å². The van der Waals surface area contributed by atoms with E-state index in [4.69, 9.17) is 15.2 Å². The number of halogens is 1. The van der Waals surface area contributed by atoms with Gasteiger partial charge in [-0.15, -0.1) is 0 Å². The van der Waals surface area contributed by atoms with Crippen LogP contribution in [0.5, 0.6) is 5.75 Å². The Labute approximate surface area is 108 Å². The molecule has 0 radical (unpaired) electrons. The van der Waals surface area contributed by atoms with Gasteiger partial charge in [-0.05, 0) is 45.4 Å². The van der Waals surface area contributed by atoms with Crippen molar-refractivity contribution in [2.45, 2.75) is 39.8 Å². The van der Waals surface area contributed by atoms with E-state index >= 15 is 0 Å². The third kappa shape index (κ3) is 4.27. The molecule has 1 aromatic carbocycles. The monoisotopic (exact) mass is 255 g/mol. The predicted octanol–water partition coefficient (Wildman–Crippen LogP) is 2.96. The molecule has 1 atom stereocenters. The fourth-order valence-electron chi connectivity index (χ4n) is 1.59. The molecule has 2 N–H and O–H groups in total. The van der Waals surface area contributed by atoms with Crippen LogP contribution in [0.25, 0.3) is 0 Å². The molecule has 0 bridgehead atoms. The summed E-state index contributed by atoms with van der Waals surface area (Å²) in [4.78, 5) is 0. The highest BCUT2D eigenvalue weighted by atomic mass is 19.1. The van der Waals surface area contributed by atoms with Crippen molar-refractivity contribution in [2.75, 3.05) is 13.2 Å². The van der Waals surface area contributed by atoms with Crippen molar-refractivity contribution in [2.24, 2.45) is 5.73 Å². The molecule has 0 saturated carbocycles. The minimum atomic E-state index is -0.263. The minimum Gasteiger partial charge on any atom is -0.491 e. The topological polar surface area (TPSA) is 44.5 Å². The van der Waals surface area contributed by atoms with Crippen molar-refractivity contribution in [3.05, 3.63) is 29.1 Å². The smallest absolute Gasteiger partial charge is 0.126 e. The fourth-order valence-corrected chi connectivity index (χ4v) is 1.59. The molecule has 0 fully saturated rings. The standard InChI is InChI=1S/C14H22FNO2/c1-9(2)17-5-6-18-14-7-10(3)13(15)8-12(14)11(4)16/h7-9,11H,5-6,16H2,1-4H3. The molecular weight excluding hydrogens is 233 g/mol. The fraction of sp³-hybridized carbons (Fsp3) is 0.571. The number of hydrogen-bond acceptors (Lipinski definition) is 3. The normalized spacial score (nSPS) is 12.8. The van der Waals surface area contributed by atoms with E-state index in [9.17, 15) is 4.39 Å². The Morgan fingerprint density at radius 1 is 1.22 bits per heavy atom. The Morgan fingerprint density at radius 2 is 1.89 bits per heavy atom. The molecule has 18 heavy (non-hydrogen) atoms. The maximum Gasteiger partial charge on any atom is 0.126 e. The van der Waals surface area contributed by atoms with Crippen molar-refractivity contribution in [3.63, 3.8) is 0 Å². The number of hydrogen-bond donors (Lipinski definition) is 1. The van der Waals surface area contributed by atoms with Gasteiger partial charge in [0.2, 0.25) is 0 Å². The van der Waals surface area contributed by atoms with Gasteiger partial charge >= 0.3 is 0 Å². The zero-order valence-electron chi connectivity index (χ0n) is 11.5. The van der Waals surface area contributed by atoms with Gasteiger partial charge in [-0.25, -0.2) is 4.39 Å². The SMILES string of the molecule is Cc1cc(OCCOC(C)C)c(C(C)N)cc1F.